The zero-order valence-electron chi connectivity index (χ0n) is 15.5. The van der Waals surface area contributed by atoms with Crippen LogP contribution in [-0.2, 0) is 11.2 Å². The molecule has 2 heterocycles. The Balaban J connectivity index is 1.75. The molecule has 0 aliphatic carbocycles. The van der Waals surface area contributed by atoms with Gasteiger partial charge in [-0.25, -0.2) is 0 Å². The molecule has 148 valence electrons. The molecule has 2 unspecified atom stereocenters. The Morgan fingerprint density at radius 3 is 2.61 bits per heavy atom. The summed E-state index contributed by atoms with van der Waals surface area (Å²) in [4.78, 5) is 14.4. The van der Waals surface area contributed by atoms with Crippen LogP contribution in [0.4, 0.5) is 18.9 Å². The van der Waals surface area contributed by atoms with Crippen LogP contribution >= 0.6 is 0 Å². The van der Waals surface area contributed by atoms with Gasteiger partial charge in [0.2, 0.25) is 5.78 Å². The molecule has 0 spiro atoms. The number of hydrogen-bond acceptors (Lipinski definition) is 3. The third kappa shape index (κ3) is 3.53. The summed E-state index contributed by atoms with van der Waals surface area (Å²) in [6.07, 6.45) is -2.17. The van der Waals surface area contributed by atoms with Gasteiger partial charge in [-0.2, -0.15) is 13.2 Å². The zero-order valence-corrected chi connectivity index (χ0v) is 15.5. The van der Waals surface area contributed by atoms with Crippen molar-refractivity contribution in [3.8, 4) is 0 Å². The number of Topliss-reactive ketones (excluding diaryl/α,β-unsaturated/α-hetero) is 1. The first-order valence-electron chi connectivity index (χ1n) is 9.72. The molecule has 28 heavy (non-hydrogen) atoms. The number of nitrogens with one attached hydrogen (secondary N) is 1. The smallest absolute Gasteiger partial charge is 0.364 e. The highest BCUT2D eigenvalue weighted by molar-refractivity contribution is 5.91. The third-order valence-electron chi connectivity index (χ3n) is 5.81. The van der Waals surface area contributed by atoms with Gasteiger partial charge < -0.3 is 10.2 Å². The van der Waals surface area contributed by atoms with Gasteiger partial charge in [-0.1, -0.05) is 42.5 Å². The summed E-state index contributed by atoms with van der Waals surface area (Å²) in [5, 5.41) is 3.02. The van der Waals surface area contributed by atoms with Crippen molar-refractivity contribution in [3.05, 3.63) is 65.2 Å². The van der Waals surface area contributed by atoms with E-state index in [-0.39, 0.29) is 12.6 Å². The van der Waals surface area contributed by atoms with E-state index in [2.05, 4.69) is 22.3 Å². The number of halogens is 3. The lowest BCUT2D eigenvalue weighted by molar-refractivity contribution is -0.172. The highest BCUT2D eigenvalue weighted by Gasteiger charge is 2.45. The molecule has 0 amide bonds. The lowest BCUT2D eigenvalue weighted by Gasteiger charge is -2.31. The Labute approximate surface area is 162 Å². The Hall–Kier alpha value is -2.34. The van der Waals surface area contributed by atoms with Crippen LogP contribution in [0.5, 0.6) is 0 Å². The number of nitrogens with zero attached hydrogens (tertiary/aromatic N) is 1. The highest BCUT2D eigenvalue weighted by Crippen LogP contribution is 2.41. The van der Waals surface area contributed by atoms with Crippen molar-refractivity contribution in [3.63, 3.8) is 0 Å². The van der Waals surface area contributed by atoms with Gasteiger partial charge in [-0.3, -0.25) is 4.79 Å². The minimum absolute atomic E-state index is 0.0247. The van der Waals surface area contributed by atoms with Crippen LogP contribution in [0.15, 0.2) is 48.5 Å². The molecule has 0 aromatic heterocycles. The van der Waals surface area contributed by atoms with Gasteiger partial charge in [0.15, 0.2) is 0 Å². The van der Waals surface area contributed by atoms with Crippen molar-refractivity contribution in [1.82, 2.24) is 5.32 Å². The van der Waals surface area contributed by atoms with Crippen molar-refractivity contribution in [2.24, 2.45) is 0 Å². The van der Waals surface area contributed by atoms with Crippen molar-refractivity contribution in [1.29, 1.82) is 0 Å². The Kier molecular flexibility index (Phi) is 5.15. The van der Waals surface area contributed by atoms with Crippen LogP contribution in [-0.4, -0.2) is 31.6 Å². The summed E-state index contributed by atoms with van der Waals surface area (Å²) < 4.78 is 39.5. The molecule has 4 rings (SSSR count). The van der Waals surface area contributed by atoms with Crippen molar-refractivity contribution in [2.45, 2.75) is 37.4 Å². The third-order valence-corrected chi connectivity index (χ3v) is 5.81. The van der Waals surface area contributed by atoms with E-state index < -0.39 is 17.9 Å². The number of hydrogen-bond donors (Lipinski definition) is 1. The molecule has 1 N–H and O–H groups in total. The molecular weight excluding hydrogens is 365 g/mol. The van der Waals surface area contributed by atoms with Gasteiger partial charge in [0.25, 0.3) is 0 Å². The Bertz CT molecular complexity index is 851. The summed E-state index contributed by atoms with van der Waals surface area (Å²) in [6, 6.07) is 15.9. The molecule has 2 aromatic carbocycles. The summed E-state index contributed by atoms with van der Waals surface area (Å²) in [6.45, 7) is 1.45. The fourth-order valence-electron chi connectivity index (χ4n) is 4.54. The number of rotatable bonds is 3. The maximum Gasteiger partial charge on any atom is 0.450 e. The van der Waals surface area contributed by atoms with E-state index in [9.17, 15) is 18.0 Å². The van der Waals surface area contributed by atoms with E-state index in [1.807, 2.05) is 24.3 Å². The minimum atomic E-state index is -4.83. The van der Waals surface area contributed by atoms with E-state index in [4.69, 9.17) is 0 Å². The molecule has 1 saturated heterocycles. The summed E-state index contributed by atoms with van der Waals surface area (Å²) in [5.41, 5.74) is 3.57. The maximum absolute atomic E-state index is 13.2. The van der Waals surface area contributed by atoms with Gasteiger partial charge in [0, 0.05) is 18.8 Å². The first-order chi connectivity index (χ1) is 13.5. The molecule has 6 heteroatoms. The number of anilines is 1. The predicted molar refractivity (Wildman–Crippen MR) is 103 cm³/mol. The second-order valence-corrected chi connectivity index (χ2v) is 7.48. The molecule has 2 aromatic rings. The molecule has 1 fully saturated rings. The van der Waals surface area contributed by atoms with E-state index in [0.29, 0.717) is 18.5 Å². The van der Waals surface area contributed by atoms with E-state index in [1.165, 1.54) is 5.56 Å². The number of benzene rings is 2. The van der Waals surface area contributed by atoms with Gasteiger partial charge in [0.1, 0.15) is 0 Å². The largest absolute Gasteiger partial charge is 0.450 e. The quantitative estimate of drug-likeness (QED) is 0.847. The average molecular weight is 388 g/mol. The molecule has 2 aliphatic rings. The van der Waals surface area contributed by atoms with Gasteiger partial charge in [-0.15, -0.1) is 0 Å². The second kappa shape index (κ2) is 7.59. The second-order valence-electron chi connectivity index (χ2n) is 7.48. The van der Waals surface area contributed by atoms with Gasteiger partial charge >= 0.3 is 6.18 Å². The average Bonchev–Trinajstić information content (AvgIpc) is 3.07. The van der Waals surface area contributed by atoms with E-state index in [0.717, 1.165) is 30.6 Å². The van der Waals surface area contributed by atoms with E-state index in [1.54, 1.807) is 12.1 Å². The predicted octanol–water partition coefficient (Wildman–Crippen LogP) is 4.39. The van der Waals surface area contributed by atoms with Crippen molar-refractivity contribution < 1.29 is 18.0 Å². The molecule has 0 saturated carbocycles. The standard InChI is InChI=1S/C22H23F3N2O/c23-22(24,25)21(28)18-14-26-12-11-17-16(18)8-4-9-20(17)27-13-5-10-19(27)15-6-2-1-3-7-15/h1-4,6-9,18-19,26H,5,10-14H2. The topological polar surface area (TPSA) is 32.3 Å². The molecule has 0 bridgehead atoms. The van der Waals surface area contributed by atoms with Crippen LogP contribution in [0.25, 0.3) is 0 Å². The van der Waals surface area contributed by atoms with Gasteiger partial charge in [-0.05, 0) is 48.6 Å². The molecule has 0 radical (unpaired) electrons. The highest BCUT2D eigenvalue weighted by atomic mass is 19.4. The molecule has 2 aliphatic heterocycles. The number of alkyl halides is 3. The molecule has 3 nitrogen and oxygen atoms in total. The van der Waals surface area contributed by atoms with Crippen molar-refractivity contribution >= 4 is 11.5 Å². The lowest BCUT2D eigenvalue weighted by atomic mass is 9.89. The SMILES string of the molecule is O=C(C1CNCCc2c1cccc2N1CCCC1c1ccccc1)C(F)(F)F. The van der Waals surface area contributed by atoms with Crippen molar-refractivity contribution in [2.75, 3.05) is 24.5 Å². The number of carbonyl (C=O) groups is 1. The first-order valence-corrected chi connectivity index (χ1v) is 9.72. The molecular formula is C22H23F3N2O. The Morgan fingerprint density at radius 2 is 1.86 bits per heavy atom. The fraction of sp³-hybridized carbons (Fsp3) is 0.409. The van der Waals surface area contributed by atoms with Crippen LogP contribution < -0.4 is 10.2 Å². The van der Waals surface area contributed by atoms with Crippen LogP contribution in [0.2, 0.25) is 0 Å². The monoisotopic (exact) mass is 388 g/mol. The minimum Gasteiger partial charge on any atom is -0.364 e. The number of carbonyl (C=O) groups excluding carboxylic acids is 1. The van der Waals surface area contributed by atoms with Gasteiger partial charge in [0.05, 0.1) is 12.0 Å². The van der Waals surface area contributed by atoms with Crippen LogP contribution in [0, 0.1) is 0 Å². The summed E-state index contributed by atoms with van der Waals surface area (Å²) >= 11 is 0. The van der Waals surface area contributed by atoms with E-state index >= 15 is 0 Å². The lowest BCUT2D eigenvalue weighted by Crippen LogP contribution is -2.34. The van der Waals surface area contributed by atoms with Crippen LogP contribution in [0.1, 0.15) is 41.5 Å². The molecule has 2 atom stereocenters. The first kappa shape index (κ1) is 19.0. The normalized spacial score (nSPS) is 22.6. The van der Waals surface area contributed by atoms with Crippen LogP contribution in [0.3, 0.4) is 0 Å². The number of ketones is 1. The summed E-state index contributed by atoms with van der Waals surface area (Å²) in [5.74, 6) is -2.85. The summed E-state index contributed by atoms with van der Waals surface area (Å²) in [7, 11) is 0. The fourth-order valence-corrected chi connectivity index (χ4v) is 4.54. The maximum atomic E-state index is 13.2. The Morgan fingerprint density at radius 1 is 1.07 bits per heavy atom. The zero-order chi connectivity index (χ0) is 19.7. The number of fused-ring (bicyclic) bond motifs is 1.